The molecule has 0 N–H and O–H groups in total. The highest BCUT2D eigenvalue weighted by Crippen LogP contribution is 2.21. The minimum Gasteiger partial charge on any atom is -0.465 e. The lowest BCUT2D eigenvalue weighted by atomic mass is 10.1. The third-order valence-corrected chi connectivity index (χ3v) is 3.27. The van der Waals surface area contributed by atoms with Crippen molar-refractivity contribution in [1.82, 2.24) is 0 Å². The standard InChI is InChI=1S/C17H16N2O2/c1-19(16-10-6-4-7-13(16)11-18)12-14-8-3-5-9-15(14)17(20)21-2/h3-10H,12H2,1-2H3. The maximum atomic E-state index is 11.8. The lowest BCUT2D eigenvalue weighted by Crippen LogP contribution is -2.19. The molecule has 4 nitrogen and oxygen atoms in total. The minimum absolute atomic E-state index is 0.354. The number of nitriles is 1. The zero-order chi connectivity index (χ0) is 15.2. The summed E-state index contributed by atoms with van der Waals surface area (Å²) in [6.07, 6.45) is 0. The fourth-order valence-corrected chi connectivity index (χ4v) is 2.21. The van der Waals surface area contributed by atoms with Crippen molar-refractivity contribution < 1.29 is 9.53 Å². The highest BCUT2D eigenvalue weighted by Gasteiger charge is 2.14. The average molecular weight is 280 g/mol. The van der Waals surface area contributed by atoms with E-state index < -0.39 is 0 Å². The maximum Gasteiger partial charge on any atom is 0.338 e. The number of nitrogens with zero attached hydrogens (tertiary/aromatic N) is 2. The summed E-state index contributed by atoms with van der Waals surface area (Å²) in [5, 5.41) is 9.16. The van der Waals surface area contributed by atoms with E-state index in [4.69, 9.17) is 10.00 Å². The first-order valence-electron chi connectivity index (χ1n) is 6.54. The van der Waals surface area contributed by atoms with Crippen LogP contribution in [0.1, 0.15) is 21.5 Å². The van der Waals surface area contributed by atoms with Crippen molar-refractivity contribution in [3.8, 4) is 6.07 Å². The summed E-state index contributed by atoms with van der Waals surface area (Å²) < 4.78 is 4.80. The van der Waals surface area contributed by atoms with Gasteiger partial charge in [0.15, 0.2) is 0 Å². The van der Waals surface area contributed by atoms with E-state index in [0.29, 0.717) is 17.7 Å². The van der Waals surface area contributed by atoms with Crippen LogP contribution < -0.4 is 4.90 Å². The molecule has 2 rings (SSSR count). The van der Waals surface area contributed by atoms with Gasteiger partial charge in [-0.1, -0.05) is 30.3 Å². The number of hydrogen-bond donors (Lipinski definition) is 0. The molecule has 0 aliphatic heterocycles. The smallest absolute Gasteiger partial charge is 0.338 e. The van der Waals surface area contributed by atoms with Gasteiger partial charge in [-0.15, -0.1) is 0 Å². The lowest BCUT2D eigenvalue weighted by Gasteiger charge is -2.21. The number of methoxy groups -OCH3 is 1. The summed E-state index contributed by atoms with van der Waals surface area (Å²) in [6, 6.07) is 16.9. The zero-order valence-corrected chi connectivity index (χ0v) is 12.0. The van der Waals surface area contributed by atoms with Gasteiger partial charge >= 0.3 is 5.97 Å². The molecule has 0 heterocycles. The van der Waals surface area contributed by atoms with Crippen molar-refractivity contribution in [2.75, 3.05) is 19.1 Å². The van der Waals surface area contributed by atoms with E-state index in [1.807, 2.05) is 42.3 Å². The van der Waals surface area contributed by atoms with Gasteiger partial charge in [0.2, 0.25) is 0 Å². The molecule has 0 spiro atoms. The van der Waals surface area contributed by atoms with Crippen LogP contribution in [0.2, 0.25) is 0 Å². The van der Waals surface area contributed by atoms with Crippen LogP contribution in [0.4, 0.5) is 5.69 Å². The number of carbonyl (C=O) groups excluding carboxylic acids is 1. The molecule has 0 aliphatic rings. The normalized spacial score (nSPS) is 9.76. The Kier molecular flexibility index (Phi) is 4.57. The molecule has 21 heavy (non-hydrogen) atoms. The molecule has 2 aromatic carbocycles. The van der Waals surface area contributed by atoms with Crippen LogP contribution >= 0.6 is 0 Å². The molecule has 0 amide bonds. The molecule has 0 aliphatic carbocycles. The van der Waals surface area contributed by atoms with Gasteiger partial charge in [-0.2, -0.15) is 5.26 Å². The van der Waals surface area contributed by atoms with Gasteiger partial charge in [0.25, 0.3) is 0 Å². The Bertz CT molecular complexity index is 689. The van der Waals surface area contributed by atoms with Crippen molar-refractivity contribution in [2.24, 2.45) is 0 Å². The lowest BCUT2D eigenvalue weighted by molar-refractivity contribution is 0.0599. The Morgan fingerprint density at radius 2 is 1.86 bits per heavy atom. The first-order chi connectivity index (χ1) is 10.2. The van der Waals surface area contributed by atoms with Gasteiger partial charge in [0, 0.05) is 13.6 Å². The quantitative estimate of drug-likeness (QED) is 0.808. The Morgan fingerprint density at radius 1 is 1.19 bits per heavy atom. The molecule has 0 aromatic heterocycles. The SMILES string of the molecule is COC(=O)c1ccccc1CN(C)c1ccccc1C#N. The highest BCUT2D eigenvalue weighted by atomic mass is 16.5. The summed E-state index contributed by atoms with van der Waals surface area (Å²) in [6.45, 7) is 0.518. The second-order valence-electron chi connectivity index (χ2n) is 4.63. The van der Waals surface area contributed by atoms with Crippen LogP contribution in [0.3, 0.4) is 0 Å². The largest absolute Gasteiger partial charge is 0.465 e. The average Bonchev–Trinajstić information content (AvgIpc) is 2.54. The fourth-order valence-electron chi connectivity index (χ4n) is 2.21. The molecule has 0 atom stereocenters. The van der Waals surface area contributed by atoms with E-state index in [9.17, 15) is 4.79 Å². The predicted octanol–water partition coefficient (Wildman–Crippen LogP) is 2.98. The number of hydrogen-bond acceptors (Lipinski definition) is 4. The predicted molar refractivity (Wildman–Crippen MR) is 81.0 cm³/mol. The van der Waals surface area contributed by atoms with Crippen molar-refractivity contribution in [1.29, 1.82) is 5.26 Å². The van der Waals surface area contributed by atoms with Gasteiger partial charge in [0.1, 0.15) is 6.07 Å². The summed E-state index contributed by atoms with van der Waals surface area (Å²) >= 11 is 0. The minimum atomic E-state index is -0.354. The Balaban J connectivity index is 2.30. The van der Waals surface area contributed by atoms with Crippen LogP contribution in [0.25, 0.3) is 0 Å². The molecular formula is C17H16N2O2. The number of benzene rings is 2. The van der Waals surface area contributed by atoms with Gasteiger partial charge < -0.3 is 9.64 Å². The second-order valence-corrected chi connectivity index (χ2v) is 4.63. The molecule has 0 bridgehead atoms. The third-order valence-electron chi connectivity index (χ3n) is 3.27. The van der Waals surface area contributed by atoms with E-state index in [1.165, 1.54) is 7.11 Å². The Hall–Kier alpha value is -2.80. The van der Waals surface area contributed by atoms with E-state index in [1.54, 1.807) is 18.2 Å². The van der Waals surface area contributed by atoms with Crippen molar-refractivity contribution in [3.05, 3.63) is 65.2 Å². The summed E-state index contributed by atoms with van der Waals surface area (Å²) in [5.41, 5.74) is 2.84. The van der Waals surface area contributed by atoms with E-state index in [0.717, 1.165) is 11.3 Å². The molecule has 4 heteroatoms. The summed E-state index contributed by atoms with van der Waals surface area (Å²) in [4.78, 5) is 13.7. The second kappa shape index (κ2) is 6.58. The third kappa shape index (κ3) is 3.21. The van der Waals surface area contributed by atoms with Crippen molar-refractivity contribution in [3.63, 3.8) is 0 Å². The van der Waals surface area contributed by atoms with Crippen LogP contribution in [0.15, 0.2) is 48.5 Å². The number of carbonyl (C=O) groups is 1. The number of anilines is 1. The molecule has 0 fully saturated rings. The Morgan fingerprint density at radius 3 is 2.57 bits per heavy atom. The van der Waals surface area contributed by atoms with E-state index in [-0.39, 0.29) is 5.97 Å². The van der Waals surface area contributed by atoms with Gasteiger partial charge in [-0.3, -0.25) is 0 Å². The monoisotopic (exact) mass is 280 g/mol. The first kappa shape index (κ1) is 14.6. The first-order valence-corrected chi connectivity index (χ1v) is 6.54. The summed E-state index contributed by atoms with van der Waals surface area (Å²) in [7, 11) is 3.26. The van der Waals surface area contributed by atoms with Gasteiger partial charge in [-0.25, -0.2) is 4.79 Å². The van der Waals surface area contributed by atoms with Crippen LogP contribution in [0, 0.1) is 11.3 Å². The topological polar surface area (TPSA) is 53.3 Å². The number of ether oxygens (including phenoxy) is 1. The molecular weight excluding hydrogens is 264 g/mol. The molecule has 106 valence electrons. The molecule has 0 radical (unpaired) electrons. The van der Waals surface area contributed by atoms with Crippen LogP contribution in [0.5, 0.6) is 0 Å². The number of esters is 1. The summed E-state index contributed by atoms with van der Waals surface area (Å²) in [5.74, 6) is -0.354. The zero-order valence-electron chi connectivity index (χ0n) is 12.0. The van der Waals surface area contributed by atoms with Gasteiger partial charge in [0.05, 0.1) is 23.9 Å². The van der Waals surface area contributed by atoms with Crippen LogP contribution in [-0.2, 0) is 11.3 Å². The molecule has 0 saturated carbocycles. The van der Waals surface area contributed by atoms with Crippen molar-refractivity contribution >= 4 is 11.7 Å². The fraction of sp³-hybridized carbons (Fsp3) is 0.176. The van der Waals surface area contributed by atoms with Gasteiger partial charge in [-0.05, 0) is 23.8 Å². The maximum absolute atomic E-state index is 11.8. The van der Waals surface area contributed by atoms with E-state index in [2.05, 4.69) is 6.07 Å². The highest BCUT2D eigenvalue weighted by molar-refractivity contribution is 5.91. The molecule has 0 saturated heterocycles. The Labute approximate surface area is 124 Å². The molecule has 0 unspecified atom stereocenters. The number of para-hydroxylation sites is 1. The number of rotatable bonds is 4. The van der Waals surface area contributed by atoms with Crippen molar-refractivity contribution in [2.45, 2.75) is 6.54 Å². The van der Waals surface area contributed by atoms with Crippen LogP contribution in [-0.4, -0.2) is 20.1 Å². The van der Waals surface area contributed by atoms with E-state index >= 15 is 0 Å². The molecule has 2 aromatic rings.